The lowest BCUT2D eigenvalue weighted by Crippen LogP contribution is -2.26. The molecular weight excluding hydrogens is 366 g/mol. The minimum Gasteiger partial charge on any atom is -0.393 e. The van der Waals surface area contributed by atoms with Crippen molar-refractivity contribution in [3.8, 4) is 35.0 Å². The van der Waals surface area contributed by atoms with E-state index < -0.39 is 6.10 Å². The molecule has 146 valence electrons. The maximum absolute atomic E-state index is 9.75. The summed E-state index contributed by atoms with van der Waals surface area (Å²) in [5.74, 6) is 13.3. The molecular formula is C23H21N3O3. The Bertz CT molecular complexity index is 1100. The lowest BCUT2D eigenvalue weighted by molar-refractivity contribution is 0.0666. The molecule has 0 saturated heterocycles. The maximum Gasteiger partial charge on any atom is 0.167 e. The van der Waals surface area contributed by atoms with E-state index in [2.05, 4.69) is 33.8 Å². The number of nitrogens with zero attached hydrogens (tertiary/aromatic N) is 3. The van der Waals surface area contributed by atoms with Gasteiger partial charge >= 0.3 is 0 Å². The molecule has 6 nitrogen and oxygen atoms in total. The maximum atomic E-state index is 9.75. The molecule has 0 bridgehead atoms. The van der Waals surface area contributed by atoms with Crippen molar-refractivity contribution in [3.63, 3.8) is 0 Å². The number of aliphatic hydroxyl groups excluding tert-OH is 2. The van der Waals surface area contributed by atoms with Crippen LogP contribution < -0.4 is 0 Å². The zero-order valence-corrected chi connectivity index (χ0v) is 16.0. The van der Waals surface area contributed by atoms with Gasteiger partial charge in [-0.3, -0.25) is 0 Å². The number of aliphatic hydroxyl groups is 2. The van der Waals surface area contributed by atoms with Crippen LogP contribution in [-0.2, 0) is 6.54 Å². The number of imidazole rings is 1. The van der Waals surface area contributed by atoms with Crippen LogP contribution in [0.25, 0.3) is 11.3 Å². The molecule has 2 heterocycles. The number of benzene rings is 1. The lowest BCUT2D eigenvalue weighted by Gasteiger charge is -2.26. The SMILES string of the molecule is C[C@H](O)c1nccn1Cc1cc(-c2ccc(C#CC#CC3CC(O)C3)cc2)on1. The first-order chi connectivity index (χ1) is 14.1. The molecule has 0 amide bonds. The summed E-state index contributed by atoms with van der Waals surface area (Å²) in [6.07, 6.45) is 4.14. The van der Waals surface area contributed by atoms with Crippen molar-refractivity contribution in [2.75, 3.05) is 0 Å². The molecule has 4 rings (SSSR count). The quantitative estimate of drug-likeness (QED) is 0.673. The zero-order chi connectivity index (χ0) is 20.2. The van der Waals surface area contributed by atoms with Gasteiger partial charge in [-0.25, -0.2) is 4.98 Å². The first-order valence-corrected chi connectivity index (χ1v) is 9.53. The number of hydrogen-bond donors (Lipinski definition) is 2. The van der Waals surface area contributed by atoms with Crippen molar-refractivity contribution in [1.82, 2.24) is 14.7 Å². The smallest absolute Gasteiger partial charge is 0.167 e. The van der Waals surface area contributed by atoms with Gasteiger partial charge in [0.15, 0.2) is 5.76 Å². The molecule has 1 fully saturated rings. The second-order valence-corrected chi connectivity index (χ2v) is 7.19. The Balaban J connectivity index is 1.40. The van der Waals surface area contributed by atoms with E-state index in [0.717, 1.165) is 29.7 Å². The highest BCUT2D eigenvalue weighted by Gasteiger charge is 2.24. The van der Waals surface area contributed by atoms with E-state index in [1.165, 1.54) is 0 Å². The molecule has 1 aromatic carbocycles. The summed E-state index contributed by atoms with van der Waals surface area (Å²) < 4.78 is 7.31. The van der Waals surface area contributed by atoms with Gasteiger partial charge in [0, 0.05) is 35.5 Å². The Morgan fingerprint density at radius 1 is 1.24 bits per heavy atom. The minimum atomic E-state index is -0.643. The second kappa shape index (κ2) is 8.36. The number of aromatic nitrogens is 3. The normalized spacial score (nSPS) is 18.7. The third-order valence-corrected chi connectivity index (χ3v) is 4.84. The highest BCUT2D eigenvalue weighted by molar-refractivity contribution is 5.59. The Hall–Kier alpha value is -3.32. The third-order valence-electron chi connectivity index (χ3n) is 4.84. The largest absolute Gasteiger partial charge is 0.393 e. The molecule has 0 radical (unpaired) electrons. The molecule has 1 aliphatic carbocycles. The van der Waals surface area contributed by atoms with Gasteiger partial charge in [-0.1, -0.05) is 17.0 Å². The topological polar surface area (TPSA) is 84.3 Å². The average Bonchev–Trinajstić information content (AvgIpc) is 3.34. The van der Waals surface area contributed by atoms with Crippen molar-refractivity contribution >= 4 is 0 Å². The average molecular weight is 387 g/mol. The number of hydrogen-bond acceptors (Lipinski definition) is 5. The van der Waals surface area contributed by atoms with E-state index in [4.69, 9.17) is 4.52 Å². The van der Waals surface area contributed by atoms with Crippen LogP contribution in [0.15, 0.2) is 47.2 Å². The molecule has 1 aliphatic rings. The Kier molecular flexibility index (Phi) is 5.48. The summed E-state index contributed by atoms with van der Waals surface area (Å²) >= 11 is 0. The highest BCUT2D eigenvalue weighted by Crippen LogP contribution is 2.26. The van der Waals surface area contributed by atoms with Crippen molar-refractivity contribution in [3.05, 3.63) is 59.8 Å². The van der Waals surface area contributed by atoms with Crippen LogP contribution in [0.2, 0.25) is 0 Å². The molecule has 3 aromatic rings. The van der Waals surface area contributed by atoms with E-state index in [9.17, 15) is 10.2 Å². The van der Waals surface area contributed by atoms with Gasteiger partial charge in [0.1, 0.15) is 17.6 Å². The van der Waals surface area contributed by atoms with Gasteiger partial charge in [-0.2, -0.15) is 0 Å². The monoisotopic (exact) mass is 387 g/mol. The summed E-state index contributed by atoms with van der Waals surface area (Å²) in [7, 11) is 0. The van der Waals surface area contributed by atoms with Crippen molar-refractivity contribution in [2.24, 2.45) is 5.92 Å². The van der Waals surface area contributed by atoms with Crippen LogP contribution in [0.4, 0.5) is 0 Å². The zero-order valence-electron chi connectivity index (χ0n) is 16.0. The van der Waals surface area contributed by atoms with Crippen molar-refractivity contribution in [1.29, 1.82) is 0 Å². The van der Waals surface area contributed by atoms with Crippen LogP contribution >= 0.6 is 0 Å². The molecule has 0 unspecified atom stereocenters. The Morgan fingerprint density at radius 2 is 2.03 bits per heavy atom. The van der Waals surface area contributed by atoms with E-state index in [0.29, 0.717) is 18.1 Å². The second-order valence-electron chi connectivity index (χ2n) is 7.19. The molecule has 1 saturated carbocycles. The molecule has 0 aliphatic heterocycles. The van der Waals surface area contributed by atoms with Gasteiger partial charge in [-0.05, 0) is 55.9 Å². The summed E-state index contributed by atoms with van der Waals surface area (Å²) in [5, 5.41) is 23.1. The molecule has 2 aromatic heterocycles. The summed E-state index contributed by atoms with van der Waals surface area (Å²) in [4.78, 5) is 4.16. The molecule has 6 heteroatoms. The highest BCUT2D eigenvalue weighted by atomic mass is 16.5. The summed E-state index contributed by atoms with van der Waals surface area (Å²) in [6, 6.07) is 9.58. The first kappa shape index (κ1) is 19.0. The molecule has 2 N–H and O–H groups in total. The van der Waals surface area contributed by atoms with Crippen molar-refractivity contribution < 1.29 is 14.7 Å². The molecule has 0 spiro atoms. The Labute approximate surface area is 169 Å². The molecule has 1 atom stereocenters. The summed E-state index contributed by atoms with van der Waals surface area (Å²) in [6.45, 7) is 2.16. The summed E-state index contributed by atoms with van der Waals surface area (Å²) in [5.41, 5.74) is 2.53. The van der Waals surface area contributed by atoms with Gasteiger partial charge in [0.05, 0.1) is 12.6 Å². The predicted molar refractivity (Wildman–Crippen MR) is 107 cm³/mol. The van der Waals surface area contributed by atoms with Crippen LogP contribution in [0.3, 0.4) is 0 Å². The molecule has 29 heavy (non-hydrogen) atoms. The first-order valence-electron chi connectivity index (χ1n) is 9.53. The van der Waals surface area contributed by atoms with Crippen LogP contribution in [-0.4, -0.2) is 31.0 Å². The van der Waals surface area contributed by atoms with Crippen LogP contribution in [0.5, 0.6) is 0 Å². The van der Waals surface area contributed by atoms with Crippen LogP contribution in [0.1, 0.15) is 43.0 Å². The van der Waals surface area contributed by atoms with E-state index >= 15 is 0 Å². The Morgan fingerprint density at radius 3 is 2.76 bits per heavy atom. The van der Waals surface area contributed by atoms with Crippen LogP contribution in [0, 0.1) is 29.6 Å². The van der Waals surface area contributed by atoms with Gasteiger partial charge < -0.3 is 19.3 Å². The fourth-order valence-electron chi connectivity index (χ4n) is 3.18. The minimum absolute atomic E-state index is 0.188. The standard InChI is InChI=1S/C23H21N3O3/c1-16(27)23-24-10-11-26(23)15-20-14-22(29-25-20)19-8-6-17(7-9-19)4-2-3-5-18-12-21(28)13-18/h6-11,14,16,18,21,27-28H,12-13,15H2,1H3/t16-,18?,21?/m0/s1. The number of rotatable bonds is 4. The van der Waals surface area contributed by atoms with Crippen molar-refractivity contribution in [2.45, 2.75) is 38.5 Å². The van der Waals surface area contributed by atoms with E-state index in [1.807, 2.05) is 34.9 Å². The van der Waals surface area contributed by atoms with Gasteiger partial charge in [0.2, 0.25) is 0 Å². The fourth-order valence-corrected chi connectivity index (χ4v) is 3.18. The lowest BCUT2D eigenvalue weighted by atomic mass is 9.83. The van der Waals surface area contributed by atoms with E-state index in [-0.39, 0.29) is 12.0 Å². The third kappa shape index (κ3) is 4.57. The van der Waals surface area contributed by atoms with Gasteiger partial charge in [-0.15, -0.1) is 0 Å². The van der Waals surface area contributed by atoms with Gasteiger partial charge in [0.25, 0.3) is 0 Å². The predicted octanol–water partition coefficient (Wildman–Crippen LogP) is 2.77. The van der Waals surface area contributed by atoms with E-state index in [1.54, 1.807) is 19.3 Å². The fraction of sp³-hybridized carbons (Fsp3) is 0.304.